The first-order chi connectivity index (χ1) is 37.5. The molecular formula is C55H94O24. The molecule has 79 heavy (non-hydrogen) atoms. The molecule has 0 radical (unpaired) electrons. The first-order valence-electron chi connectivity index (χ1n) is 29.1. The fraction of sp³-hybridized carbons (Fsp3) is 0.945. The first-order valence-corrected chi connectivity index (χ1v) is 29.1. The van der Waals surface area contributed by atoms with Gasteiger partial charge in [-0.15, -0.1) is 0 Å². The Morgan fingerprint density at radius 2 is 1.01 bits per heavy atom. The molecule has 6 aliphatic heterocycles. The number of carbonyl (C=O) groups excluding carboxylic acids is 3. The number of unbranched alkanes of at least 4 members (excludes halogenated alkanes) is 2. The predicted octanol–water partition coefficient (Wildman–Crippen LogP) is 2.07. The van der Waals surface area contributed by atoms with Crippen LogP contribution in [0.4, 0.5) is 0 Å². The van der Waals surface area contributed by atoms with Crippen LogP contribution in [0.1, 0.15) is 159 Å². The van der Waals surface area contributed by atoms with Crippen LogP contribution < -0.4 is 0 Å². The minimum atomic E-state index is -1.91. The number of hydrogen-bond donors (Lipinski definition) is 8. The fourth-order valence-electron chi connectivity index (χ4n) is 10.8. The van der Waals surface area contributed by atoms with Crippen molar-refractivity contribution in [3.63, 3.8) is 0 Å². The Morgan fingerprint density at radius 1 is 0.494 bits per heavy atom. The largest absolute Gasteiger partial charge is 0.457 e. The zero-order chi connectivity index (χ0) is 58.0. The summed E-state index contributed by atoms with van der Waals surface area (Å²) in [6.07, 6.45) is -27.7. The lowest BCUT2D eigenvalue weighted by molar-refractivity contribution is -0.399. The number of carbonyl (C=O) groups is 3. The van der Waals surface area contributed by atoms with E-state index in [1.54, 1.807) is 34.6 Å². The van der Waals surface area contributed by atoms with Crippen LogP contribution in [0, 0.1) is 11.8 Å². The average Bonchev–Trinajstić information content (AvgIpc) is 3.56. The zero-order valence-electron chi connectivity index (χ0n) is 47.7. The molecule has 0 saturated carbocycles. The van der Waals surface area contributed by atoms with E-state index in [9.17, 15) is 55.2 Å². The van der Waals surface area contributed by atoms with Crippen molar-refractivity contribution in [2.45, 2.75) is 319 Å². The smallest absolute Gasteiger partial charge is 0.309 e. The molecule has 0 aromatic heterocycles. The Hall–Kier alpha value is -2.31. The quantitative estimate of drug-likeness (QED) is 0.0661. The van der Waals surface area contributed by atoms with E-state index in [1.807, 2.05) is 0 Å². The maximum atomic E-state index is 14.0. The SMILES string of the molecule is CCCCC[C@H]1CCCCCCCCCC(=O)O[C@H]2[C@H](O[C@H]3[C@H](O1)O[C@H](C)[C@H](O)[C@@H]3O)O[C@@H](C)[C@H](O[C@@H]1O[C@@H](C)[C@H](O[C@@H]3O[C@@H](C)[C@H](OC(=O)C(C)C)[C@@H](O)[C@H]3O)[C@@H](O[C@@H]3O[C@@H](C)[C@H](O)[C@@H](O)[C@H]3O)[C@H]1OC(=O)[C@@H](C)CC)[C@H]2O. The number of fused-ring (bicyclic) bond motifs is 2. The molecule has 0 aromatic rings. The van der Waals surface area contributed by atoms with Crippen molar-refractivity contribution in [1.29, 1.82) is 0 Å². The predicted molar refractivity (Wildman–Crippen MR) is 274 cm³/mol. The van der Waals surface area contributed by atoms with Gasteiger partial charge in [-0.1, -0.05) is 92.4 Å². The second kappa shape index (κ2) is 30.5. The summed E-state index contributed by atoms with van der Waals surface area (Å²) in [5.41, 5.74) is 0. The molecular weight excluding hydrogens is 1040 g/mol. The highest BCUT2D eigenvalue weighted by atomic mass is 16.8. The molecule has 0 bridgehead atoms. The summed E-state index contributed by atoms with van der Waals surface area (Å²) < 4.78 is 81.4. The lowest BCUT2D eigenvalue weighted by atomic mass is 9.95. The summed E-state index contributed by atoms with van der Waals surface area (Å²) in [7, 11) is 0. The molecule has 0 aliphatic carbocycles. The molecule has 0 unspecified atom stereocenters. The molecule has 6 heterocycles. The molecule has 27 atom stereocenters. The average molecular weight is 1140 g/mol. The van der Waals surface area contributed by atoms with Crippen molar-refractivity contribution in [3.05, 3.63) is 0 Å². The Bertz CT molecular complexity index is 1860. The molecule has 6 saturated heterocycles. The number of aliphatic hydroxyl groups is 8. The molecule has 458 valence electrons. The van der Waals surface area contributed by atoms with Crippen LogP contribution in [0.15, 0.2) is 0 Å². The molecule has 6 rings (SSSR count). The third-order valence-corrected chi connectivity index (χ3v) is 16.1. The second-order valence-corrected chi connectivity index (χ2v) is 22.9. The lowest BCUT2D eigenvalue weighted by Crippen LogP contribution is -2.68. The molecule has 8 N–H and O–H groups in total. The van der Waals surface area contributed by atoms with E-state index in [4.69, 9.17) is 61.6 Å². The third-order valence-electron chi connectivity index (χ3n) is 16.1. The third kappa shape index (κ3) is 16.7. The van der Waals surface area contributed by atoms with Crippen molar-refractivity contribution in [2.24, 2.45) is 11.8 Å². The second-order valence-electron chi connectivity index (χ2n) is 22.9. The van der Waals surface area contributed by atoms with Gasteiger partial charge in [-0.05, 0) is 60.3 Å². The summed E-state index contributed by atoms with van der Waals surface area (Å²) in [6, 6.07) is 0. The van der Waals surface area contributed by atoms with Gasteiger partial charge in [0.05, 0.1) is 48.5 Å². The maximum absolute atomic E-state index is 14.0. The first kappa shape index (κ1) is 65.8. The lowest BCUT2D eigenvalue weighted by Gasteiger charge is -2.51. The number of aliphatic hydroxyl groups excluding tert-OH is 8. The number of rotatable bonds is 15. The highest BCUT2D eigenvalue weighted by molar-refractivity contribution is 5.72. The minimum absolute atomic E-state index is 0.0245. The van der Waals surface area contributed by atoms with Crippen LogP contribution in [0.25, 0.3) is 0 Å². The number of hydrogen-bond acceptors (Lipinski definition) is 24. The van der Waals surface area contributed by atoms with Crippen molar-refractivity contribution >= 4 is 17.9 Å². The van der Waals surface area contributed by atoms with Gasteiger partial charge in [0.15, 0.2) is 49.8 Å². The topological polar surface area (TPSA) is 333 Å². The Kier molecular flexibility index (Phi) is 25.4. The Balaban J connectivity index is 1.35. The normalized spacial score (nSPS) is 44.7. The van der Waals surface area contributed by atoms with Gasteiger partial charge in [-0.2, -0.15) is 0 Å². The van der Waals surface area contributed by atoms with Gasteiger partial charge in [0.1, 0.15) is 73.2 Å². The van der Waals surface area contributed by atoms with Gasteiger partial charge in [-0.3, -0.25) is 14.4 Å². The van der Waals surface area contributed by atoms with Gasteiger partial charge < -0.3 is 102 Å². The molecule has 6 fully saturated rings. The van der Waals surface area contributed by atoms with E-state index in [2.05, 4.69) is 6.92 Å². The monoisotopic (exact) mass is 1140 g/mol. The van der Waals surface area contributed by atoms with Crippen LogP contribution in [0.2, 0.25) is 0 Å². The zero-order valence-corrected chi connectivity index (χ0v) is 47.7. The Labute approximate surface area is 464 Å². The van der Waals surface area contributed by atoms with Crippen molar-refractivity contribution in [2.75, 3.05) is 0 Å². The van der Waals surface area contributed by atoms with Gasteiger partial charge in [0, 0.05) is 6.42 Å². The molecule has 0 spiro atoms. The standard InChI is InChI=1S/C55H94O24/c1-11-13-19-22-32-23-20-17-15-14-16-18-21-24-33(56)73-46-41(64)43(30(9)70-54(46)78-45-37(60)35(58)28(7)68-53(45)72-32)76-55-48(75-50(66)26(5)12-2)47(79-51-39(62)36(59)34(57)27(6)67-51)44(31(10)71-55)77-52-40(63)38(61)42(29(8)69-52)74-49(65)25(3)4/h25-32,34-48,51-55,57-64H,11-24H2,1-10H3/t26-,27-,28+,29-,30-,31-,32-,34-,35-,36+,37-,38-,39+,40+,41+,42-,43-,44-,45+,46+,47+,48+,51-,52-,53-,54-,55-/m0/s1. The summed E-state index contributed by atoms with van der Waals surface area (Å²) in [5, 5.41) is 91.1. The molecule has 24 nitrogen and oxygen atoms in total. The van der Waals surface area contributed by atoms with E-state index in [-0.39, 0.29) is 12.5 Å². The van der Waals surface area contributed by atoms with Crippen LogP contribution in [0.5, 0.6) is 0 Å². The van der Waals surface area contributed by atoms with E-state index >= 15 is 0 Å². The Morgan fingerprint density at radius 3 is 1.67 bits per heavy atom. The van der Waals surface area contributed by atoms with Crippen LogP contribution in [-0.2, 0) is 76.0 Å². The summed E-state index contributed by atoms with van der Waals surface area (Å²) in [6.45, 7) is 16.2. The number of esters is 3. The van der Waals surface area contributed by atoms with Gasteiger partial charge in [0.25, 0.3) is 0 Å². The van der Waals surface area contributed by atoms with Gasteiger partial charge in [0.2, 0.25) is 0 Å². The van der Waals surface area contributed by atoms with E-state index in [0.29, 0.717) is 19.3 Å². The molecule has 6 aliphatic rings. The van der Waals surface area contributed by atoms with E-state index < -0.39 is 183 Å². The molecule has 24 heteroatoms. The van der Waals surface area contributed by atoms with Crippen molar-refractivity contribution in [1.82, 2.24) is 0 Å². The van der Waals surface area contributed by atoms with Crippen LogP contribution >= 0.6 is 0 Å². The van der Waals surface area contributed by atoms with Crippen LogP contribution in [0.3, 0.4) is 0 Å². The van der Waals surface area contributed by atoms with Crippen molar-refractivity contribution < 1.29 is 117 Å². The molecule has 0 amide bonds. The summed E-state index contributed by atoms with van der Waals surface area (Å²) >= 11 is 0. The number of ether oxygens (including phenoxy) is 13. The van der Waals surface area contributed by atoms with Gasteiger partial charge in [-0.25, -0.2) is 0 Å². The summed E-state index contributed by atoms with van der Waals surface area (Å²) in [4.78, 5) is 40.4. The fourth-order valence-corrected chi connectivity index (χ4v) is 10.8. The van der Waals surface area contributed by atoms with E-state index in [0.717, 1.165) is 64.2 Å². The maximum Gasteiger partial charge on any atom is 0.309 e. The van der Waals surface area contributed by atoms with Crippen LogP contribution in [-0.4, -0.2) is 218 Å². The summed E-state index contributed by atoms with van der Waals surface area (Å²) in [5.74, 6) is -3.46. The molecule has 0 aromatic carbocycles. The highest BCUT2D eigenvalue weighted by Gasteiger charge is 2.58. The highest BCUT2D eigenvalue weighted by Crippen LogP contribution is 2.39. The van der Waals surface area contributed by atoms with Gasteiger partial charge >= 0.3 is 17.9 Å². The van der Waals surface area contributed by atoms with Crippen molar-refractivity contribution in [3.8, 4) is 0 Å². The van der Waals surface area contributed by atoms with E-state index in [1.165, 1.54) is 27.7 Å². The minimum Gasteiger partial charge on any atom is -0.457 e.